The van der Waals surface area contributed by atoms with Crippen LogP contribution in [0.1, 0.15) is 35.6 Å². The van der Waals surface area contributed by atoms with Gasteiger partial charge in [0.25, 0.3) is 0 Å². The molecule has 3 nitrogen and oxygen atoms in total. The molecule has 7 heteroatoms. The average molecular weight is 565 g/mol. The molecule has 0 N–H and O–H groups in total. The van der Waals surface area contributed by atoms with Crippen LogP contribution in [0.2, 0.25) is 0 Å². The normalized spacial score (nSPS) is 13.2. The average Bonchev–Trinajstić information content (AvgIpc) is 3.34. The van der Waals surface area contributed by atoms with Crippen molar-refractivity contribution in [3.8, 4) is 5.75 Å². The first kappa shape index (κ1) is 29.3. The minimum absolute atomic E-state index is 0. The van der Waals surface area contributed by atoms with Gasteiger partial charge in [0.1, 0.15) is 0 Å². The molecule has 1 unspecified atom stereocenters. The molecule has 0 heterocycles. The van der Waals surface area contributed by atoms with E-state index in [9.17, 15) is 8.42 Å². The van der Waals surface area contributed by atoms with Crippen LogP contribution in [-0.4, -0.2) is 17.5 Å². The van der Waals surface area contributed by atoms with Crippen LogP contribution >= 0.6 is 24.8 Å². The molecule has 0 spiro atoms. The van der Waals surface area contributed by atoms with E-state index >= 15 is 0 Å². The van der Waals surface area contributed by atoms with E-state index in [0.29, 0.717) is 12.2 Å². The molecule has 0 radical (unpaired) electrons. The van der Waals surface area contributed by atoms with Crippen molar-refractivity contribution in [2.45, 2.75) is 32.4 Å². The van der Waals surface area contributed by atoms with Crippen LogP contribution in [0, 0.1) is 13.8 Å². The second-order valence-electron chi connectivity index (χ2n) is 8.38. The van der Waals surface area contributed by atoms with E-state index in [1.54, 1.807) is 6.92 Å². The molecule has 0 aromatic heterocycles. The van der Waals surface area contributed by atoms with E-state index in [1.807, 2.05) is 105 Å². The number of benzene rings is 3. The summed E-state index contributed by atoms with van der Waals surface area (Å²) in [6.07, 6.45) is 6.54. The Morgan fingerprint density at radius 3 is 1.83 bits per heavy atom. The molecule has 35 heavy (non-hydrogen) atoms. The summed E-state index contributed by atoms with van der Waals surface area (Å²) < 4.78 is 35.9. The second kappa shape index (κ2) is 12.8. The van der Waals surface area contributed by atoms with Crippen LogP contribution < -0.4 is 3.32 Å². The Labute approximate surface area is 226 Å². The summed E-state index contributed by atoms with van der Waals surface area (Å²) in [7, 11) is -3.60. The summed E-state index contributed by atoms with van der Waals surface area (Å²) in [5.74, 6) is 0.626. The molecule has 0 amide bonds. The van der Waals surface area contributed by atoms with Gasteiger partial charge >= 0.3 is 203 Å². The third kappa shape index (κ3) is 6.84. The van der Waals surface area contributed by atoms with Crippen LogP contribution in [0.15, 0.2) is 103 Å². The van der Waals surface area contributed by atoms with Crippen molar-refractivity contribution < 1.29 is 28.2 Å². The van der Waals surface area contributed by atoms with Gasteiger partial charge in [-0.05, 0) is 0 Å². The van der Waals surface area contributed by atoms with Crippen LogP contribution in [0.5, 0.6) is 5.75 Å². The van der Waals surface area contributed by atoms with E-state index in [0.717, 1.165) is 31.6 Å². The fourth-order valence-corrected chi connectivity index (χ4v) is 12.8. The zero-order valence-electron chi connectivity index (χ0n) is 20.0. The van der Waals surface area contributed by atoms with E-state index < -0.39 is 29.2 Å². The Morgan fingerprint density at radius 2 is 1.37 bits per heavy atom. The third-order valence-electron chi connectivity index (χ3n) is 5.78. The van der Waals surface area contributed by atoms with E-state index in [1.165, 1.54) is 0 Å². The first-order valence-electron chi connectivity index (χ1n) is 11.1. The Balaban J connectivity index is 0.00000216. The first-order valence-corrected chi connectivity index (χ1v) is 15.9. The predicted octanol–water partition coefficient (Wildman–Crippen LogP) is 6.93. The van der Waals surface area contributed by atoms with Crippen molar-refractivity contribution in [3.63, 3.8) is 0 Å². The van der Waals surface area contributed by atoms with E-state index in [4.69, 9.17) is 3.32 Å². The van der Waals surface area contributed by atoms with Crippen LogP contribution in [-0.2, 0) is 23.9 Å². The molecule has 0 bridgehead atoms. The topological polar surface area (TPSA) is 43.4 Å². The number of hydrogen-bond donors (Lipinski definition) is 0. The van der Waals surface area contributed by atoms with Crippen molar-refractivity contribution in [1.82, 2.24) is 0 Å². The Hall–Kier alpha value is -1.95. The van der Waals surface area contributed by atoms with Crippen molar-refractivity contribution >= 4 is 36.0 Å². The van der Waals surface area contributed by atoms with Gasteiger partial charge in [-0.15, -0.1) is 24.8 Å². The van der Waals surface area contributed by atoms with Gasteiger partial charge in [0.2, 0.25) is 0 Å². The van der Waals surface area contributed by atoms with Gasteiger partial charge in [-0.3, -0.25) is 0 Å². The zero-order chi connectivity index (χ0) is 23.4. The number of rotatable bonds is 7. The molecule has 1 aliphatic rings. The maximum absolute atomic E-state index is 14.2. The summed E-state index contributed by atoms with van der Waals surface area (Å²) in [5.41, 5.74) is 4.83. The molecule has 1 atom stereocenters. The van der Waals surface area contributed by atoms with Gasteiger partial charge < -0.3 is 0 Å². The van der Waals surface area contributed by atoms with E-state index in [2.05, 4.69) is 6.07 Å². The fourth-order valence-electron chi connectivity index (χ4n) is 4.09. The minimum Gasteiger partial charge on any atom is -0.147 e. The molecule has 184 valence electrons. The quantitative estimate of drug-likeness (QED) is 0.292. The predicted molar refractivity (Wildman–Crippen MR) is 147 cm³/mol. The van der Waals surface area contributed by atoms with Gasteiger partial charge in [-0.2, -0.15) is 0 Å². The maximum atomic E-state index is 14.2. The SMILES string of the molecule is Cc1cc(C)cc([O][Ti](=[C](c2ccccc2)c2ccccc2)[S](=O)(=O)C(C)C2=CC=CC2)c1.Cl.Cl. The molecule has 0 fully saturated rings. The van der Waals surface area contributed by atoms with Crippen molar-refractivity contribution in [3.05, 3.63) is 125 Å². The Morgan fingerprint density at radius 1 is 0.857 bits per heavy atom. The van der Waals surface area contributed by atoms with Crippen molar-refractivity contribution in [1.29, 1.82) is 0 Å². The molecule has 0 aliphatic heterocycles. The summed E-state index contributed by atoms with van der Waals surface area (Å²) >= 11 is -3.45. The third-order valence-corrected chi connectivity index (χ3v) is 15.0. The molecule has 0 saturated carbocycles. The zero-order valence-corrected chi connectivity index (χ0v) is 24.0. The molecular weight excluding hydrogens is 535 g/mol. The monoisotopic (exact) mass is 564 g/mol. The van der Waals surface area contributed by atoms with Gasteiger partial charge in [-0.25, -0.2) is 0 Å². The maximum Gasteiger partial charge on any atom is -0.147 e. The standard InChI is InChI=1S/C13H10.C8H10O.C7H9O2S.2ClH.Ti/c1-3-7-12(8-4-1)11-13-9-5-2-6-10-13;1-6-3-7(2)5-8(9)4-6;1-6(10(8)9)7-4-2-3-5-7;;;/h1-10H;3-5,9H,1-2H3;2-4,6H,5H2,1H3;2*1H;/q;;;;;+1/p-1. The van der Waals surface area contributed by atoms with Gasteiger partial charge in [0.15, 0.2) is 0 Å². The molecule has 4 rings (SSSR count). The van der Waals surface area contributed by atoms with Crippen LogP contribution in [0.4, 0.5) is 0 Å². The van der Waals surface area contributed by atoms with Gasteiger partial charge in [-0.1, -0.05) is 0 Å². The second-order valence-corrected chi connectivity index (χ2v) is 16.4. The van der Waals surface area contributed by atoms with Crippen molar-refractivity contribution in [2.24, 2.45) is 0 Å². The molecular formula is C28H30Cl2O3STi. The molecule has 3 aromatic rings. The largest absolute Gasteiger partial charge is 0.147 e. The fraction of sp³-hybridized carbons (Fsp3) is 0.179. The summed E-state index contributed by atoms with van der Waals surface area (Å²) in [4.78, 5) is 0. The summed E-state index contributed by atoms with van der Waals surface area (Å²) in [6.45, 7) is 5.81. The number of halogens is 2. The smallest absolute Gasteiger partial charge is 0.147 e. The van der Waals surface area contributed by atoms with Gasteiger partial charge in [0.05, 0.1) is 0 Å². The Bertz CT molecular complexity index is 1290. The van der Waals surface area contributed by atoms with E-state index in [-0.39, 0.29) is 24.8 Å². The molecule has 1 aliphatic carbocycles. The van der Waals surface area contributed by atoms with Crippen LogP contribution in [0.3, 0.4) is 0 Å². The minimum atomic E-state index is -3.60. The van der Waals surface area contributed by atoms with Crippen LogP contribution in [0.25, 0.3) is 0 Å². The number of hydrogen-bond acceptors (Lipinski definition) is 3. The van der Waals surface area contributed by atoms with Gasteiger partial charge in [0, 0.05) is 0 Å². The molecule has 3 aromatic carbocycles. The summed E-state index contributed by atoms with van der Waals surface area (Å²) in [5, 5.41) is -0.601. The van der Waals surface area contributed by atoms with Crippen molar-refractivity contribution in [2.75, 3.05) is 0 Å². The molecule has 0 saturated heterocycles. The number of aryl methyl sites for hydroxylation is 2. The first-order chi connectivity index (χ1) is 15.9. The number of allylic oxidation sites excluding steroid dienone is 3. The Kier molecular flexibility index (Phi) is 10.7. The summed E-state index contributed by atoms with van der Waals surface area (Å²) in [6, 6.07) is 25.6.